The van der Waals surface area contributed by atoms with Crippen molar-refractivity contribution in [1.82, 2.24) is 4.90 Å². The first-order chi connectivity index (χ1) is 8.65. The predicted molar refractivity (Wildman–Crippen MR) is 72.8 cm³/mol. The van der Waals surface area contributed by atoms with E-state index in [1.807, 2.05) is 6.07 Å². The first kappa shape index (κ1) is 13.5. The first-order valence-electron chi connectivity index (χ1n) is 6.88. The molecule has 0 aromatic heterocycles. The van der Waals surface area contributed by atoms with Crippen LogP contribution in [0.25, 0.3) is 0 Å². The summed E-state index contributed by atoms with van der Waals surface area (Å²) in [4.78, 5) is 2.42. The molecule has 0 spiro atoms. The Labute approximate surface area is 109 Å². The maximum Gasteiger partial charge on any atom is 0.123 e. The number of hydrogen-bond acceptors (Lipinski definition) is 2. The van der Waals surface area contributed by atoms with E-state index in [0.717, 1.165) is 31.1 Å². The Kier molecular flexibility index (Phi) is 4.72. The van der Waals surface area contributed by atoms with Crippen LogP contribution in [0, 0.1) is 11.7 Å². The molecule has 18 heavy (non-hydrogen) atoms. The zero-order chi connectivity index (χ0) is 13.0. The highest BCUT2D eigenvalue weighted by atomic mass is 19.1. The highest BCUT2D eigenvalue weighted by Crippen LogP contribution is 2.19. The third kappa shape index (κ3) is 3.79. The monoisotopic (exact) mass is 250 g/mol. The summed E-state index contributed by atoms with van der Waals surface area (Å²) in [7, 11) is 0. The number of likely N-dealkylation sites (tertiary alicyclic amines) is 1. The summed E-state index contributed by atoms with van der Waals surface area (Å²) in [5.41, 5.74) is 7.07. The van der Waals surface area contributed by atoms with Crippen LogP contribution in [0.1, 0.15) is 37.8 Å². The van der Waals surface area contributed by atoms with Crippen LogP contribution < -0.4 is 5.73 Å². The summed E-state index contributed by atoms with van der Waals surface area (Å²) < 4.78 is 13.2. The van der Waals surface area contributed by atoms with Crippen LogP contribution in [0.5, 0.6) is 0 Å². The van der Waals surface area contributed by atoms with Crippen LogP contribution in [-0.4, -0.2) is 24.5 Å². The van der Waals surface area contributed by atoms with Crippen molar-refractivity contribution in [2.45, 2.75) is 32.2 Å². The van der Waals surface area contributed by atoms with Crippen LogP contribution in [0.15, 0.2) is 24.3 Å². The number of hydrogen-bond donors (Lipinski definition) is 1. The molecule has 2 unspecified atom stereocenters. The van der Waals surface area contributed by atoms with E-state index in [0.29, 0.717) is 0 Å². The first-order valence-corrected chi connectivity index (χ1v) is 6.88. The molecule has 1 heterocycles. The molecule has 100 valence electrons. The van der Waals surface area contributed by atoms with E-state index < -0.39 is 0 Å². The third-order valence-corrected chi connectivity index (χ3v) is 3.84. The Balaban J connectivity index is 1.92. The third-order valence-electron chi connectivity index (χ3n) is 3.84. The molecule has 1 fully saturated rings. The maximum absolute atomic E-state index is 13.2. The fourth-order valence-electron chi connectivity index (χ4n) is 2.63. The number of halogens is 1. The lowest BCUT2D eigenvalue weighted by Crippen LogP contribution is -2.33. The summed E-state index contributed by atoms with van der Waals surface area (Å²) in [6.07, 6.45) is 3.80. The van der Waals surface area contributed by atoms with Crippen LogP contribution in [0.2, 0.25) is 0 Å². The van der Waals surface area contributed by atoms with Crippen LogP contribution >= 0.6 is 0 Å². The minimum Gasteiger partial charge on any atom is -0.323 e. The number of nitrogens with two attached hydrogens (primary N) is 1. The Morgan fingerprint density at radius 3 is 3.00 bits per heavy atom. The second kappa shape index (κ2) is 6.30. The van der Waals surface area contributed by atoms with Gasteiger partial charge >= 0.3 is 0 Å². The van der Waals surface area contributed by atoms with Gasteiger partial charge in [0.15, 0.2) is 0 Å². The van der Waals surface area contributed by atoms with E-state index in [4.69, 9.17) is 5.73 Å². The molecule has 0 radical (unpaired) electrons. The number of nitrogens with zero attached hydrogens (tertiary/aromatic N) is 1. The molecule has 1 aliphatic rings. The molecule has 1 saturated heterocycles. The van der Waals surface area contributed by atoms with Gasteiger partial charge in [-0.3, -0.25) is 0 Å². The van der Waals surface area contributed by atoms with Crippen molar-refractivity contribution in [3.63, 3.8) is 0 Å². The molecule has 1 aromatic carbocycles. The Morgan fingerprint density at radius 1 is 1.39 bits per heavy atom. The van der Waals surface area contributed by atoms with Crippen LogP contribution in [-0.2, 0) is 0 Å². The van der Waals surface area contributed by atoms with Crippen molar-refractivity contribution in [1.29, 1.82) is 0 Å². The fourth-order valence-corrected chi connectivity index (χ4v) is 2.63. The highest BCUT2D eigenvalue weighted by molar-refractivity contribution is 5.20. The van der Waals surface area contributed by atoms with Gasteiger partial charge in [0, 0.05) is 12.6 Å². The van der Waals surface area contributed by atoms with Crippen molar-refractivity contribution in [3.05, 3.63) is 35.6 Å². The standard InChI is InChI=1S/C15H23FN2/c1-12-4-3-8-18(9-7-12)11-15(17)13-5-2-6-14(16)10-13/h2,5-6,10,12,15H,3-4,7-9,11,17H2,1H3. The molecule has 2 rings (SSSR count). The molecule has 1 aliphatic heterocycles. The summed E-state index contributed by atoms with van der Waals surface area (Å²) >= 11 is 0. The van der Waals surface area contributed by atoms with Gasteiger partial charge in [0.05, 0.1) is 0 Å². The second-order valence-corrected chi connectivity index (χ2v) is 5.50. The van der Waals surface area contributed by atoms with Crippen molar-refractivity contribution in [2.75, 3.05) is 19.6 Å². The summed E-state index contributed by atoms with van der Waals surface area (Å²) in [5.74, 6) is 0.618. The van der Waals surface area contributed by atoms with E-state index in [1.54, 1.807) is 12.1 Å². The van der Waals surface area contributed by atoms with Crippen molar-refractivity contribution < 1.29 is 4.39 Å². The van der Waals surface area contributed by atoms with E-state index in [9.17, 15) is 4.39 Å². The zero-order valence-corrected chi connectivity index (χ0v) is 11.1. The highest BCUT2D eigenvalue weighted by Gasteiger charge is 2.17. The van der Waals surface area contributed by atoms with Gasteiger partial charge in [0.25, 0.3) is 0 Å². The predicted octanol–water partition coefficient (Wildman–Crippen LogP) is 2.95. The van der Waals surface area contributed by atoms with E-state index in [-0.39, 0.29) is 11.9 Å². The lowest BCUT2D eigenvalue weighted by molar-refractivity contribution is 0.264. The van der Waals surface area contributed by atoms with Gasteiger partial charge in [0.2, 0.25) is 0 Å². The van der Waals surface area contributed by atoms with Crippen molar-refractivity contribution in [3.8, 4) is 0 Å². The summed E-state index contributed by atoms with van der Waals surface area (Å²) in [6, 6.07) is 6.56. The fraction of sp³-hybridized carbons (Fsp3) is 0.600. The largest absolute Gasteiger partial charge is 0.323 e. The maximum atomic E-state index is 13.2. The molecule has 0 bridgehead atoms. The molecule has 0 amide bonds. The van der Waals surface area contributed by atoms with E-state index in [2.05, 4.69) is 11.8 Å². The van der Waals surface area contributed by atoms with Crippen LogP contribution in [0.4, 0.5) is 4.39 Å². The molecule has 1 aromatic rings. The molecule has 3 heteroatoms. The van der Waals surface area contributed by atoms with E-state index >= 15 is 0 Å². The molecule has 2 atom stereocenters. The lowest BCUT2D eigenvalue weighted by atomic mass is 10.0. The SMILES string of the molecule is CC1CCCN(CC(N)c2cccc(F)c2)CC1. The lowest BCUT2D eigenvalue weighted by Gasteiger charge is -2.24. The van der Waals surface area contributed by atoms with Gasteiger partial charge in [-0.25, -0.2) is 4.39 Å². The van der Waals surface area contributed by atoms with Crippen molar-refractivity contribution in [2.24, 2.45) is 11.7 Å². The van der Waals surface area contributed by atoms with Crippen molar-refractivity contribution >= 4 is 0 Å². The quantitative estimate of drug-likeness (QED) is 0.893. The number of rotatable bonds is 3. The van der Waals surface area contributed by atoms with E-state index in [1.165, 1.54) is 25.3 Å². The smallest absolute Gasteiger partial charge is 0.123 e. The molecule has 0 aliphatic carbocycles. The molecule has 0 saturated carbocycles. The topological polar surface area (TPSA) is 29.3 Å². The zero-order valence-electron chi connectivity index (χ0n) is 11.1. The summed E-state index contributed by atoms with van der Waals surface area (Å²) in [6.45, 7) is 5.38. The van der Waals surface area contributed by atoms with Gasteiger partial charge in [-0.15, -0.1) is 0 Å². The van der Waals surface area contributed by atoms with Gasteiger partial charge < -0.3 is 10.6 Å². The average Bonchev–Trinajstić information content (AvgIpc) is 2.54. The normalized spacial score (nSPS) is 23.6. The average molecular weight is 250 g/mol. The molecule has 2 N–H and O–H groups in total. The minimum atomic E-state index is -0.201. The minimum absolute atomic E-state index is 0.0888. The van der Waals surface area contributed by atoms with Gasteiger partial charge in [-0.1, -0.05) is 19.1 Å². The van der Waals surface area contributed by atoms with Gasteiger partial charge in [-0.05, 0) is 56.0 Å². The second-order valence-electron chi connectivity index (χ2n) is 5.50. The summed E-state index contributed by atoms with van der Waals surface area (Å²) in [5, 5.41) is 0. The van der Waals surface area contributed by atoms with Gasteiger partial charge in [0.1, 0.15) is 5.82 Å². The molecular weight excluding hydrogens is 227 g/mol. The Morgan fingerprint density at radius 2 is 2.22 bits per heavy atom. The Hall–Kier alpha value is -0.930. The molecular formula is C15H23FN2. The van der Waals surface area contributed by atoms with Gasteiger partial charge in [-0.2, -0.15) is 0 Å². The Bertz CT molecular complexity index is 381. The molecule has 2 nitrogen and oxygen atoms in total. The van der Waals surface area contributed by atoms with Crippen LogP contribution in [0.3, 0.4) is 0 Å². The number of benzene rings is 1.